The van der Waals surface area contributed by atoms with E-state index in [0.717, 1.165) is 62.5 Å². The van der Waals surface area contributed by atoms with Crippen molar-refractivity contribution in [2.24, 2.45) is 11.8 Å². The predicted octanol–water partition coefficient (Wildman–Crippen LogP) is 5.92. The largest absolute Gasteiger partial charge is 0.381 e. The van der Waals surface area contributed by atoms with Crippen molar-refractivity contribution in [3.8, 4) is 0 Å². The Morgan fingerprint density at radius 2 is 0.821 bits per heavy atom. The summed E-state index contributed by atoms with van der Waals surface area (Å²) in [4.78, 5) is 0. The Kier molecular flexibility index (Phi) is 5.89. The first-order valence-electron chi connectivity index (χ1n) is 11.2. The molecule has 2 aliphatic rings. The SMILES string of the molecule is OC(c1ccccc1)(C1CCCCC1)C(O)(c1ccccc1)C1CCCCC1. The molecular formula is C26H34O2. The van der Waals surface area contributed by atoms with Crippen molar-refractivity contribution in [2.75, 3.05) is 0 Å². The molecule has 2 heteroatoms. The standard InChI is InChI=1S/C26H34O2/c27-25(21-13-5-1-6-14-21,22-15-7-2-8-16-22)26(28,23-17-9-3-10-18-23)24-19-11-4-12-20-24/h1,3,5-6,9-10,13-14,17-18,22,24,27-28H,2,4,7-8,11-12,15-16,19-20H2. The highest BCUT2D eigenvalue weighted by Crippen LogP contribution is 2.56. The van der Waals surface area contributed by atoms with Crippen molar-refractivity contribution >= 4 is 0 Å². The van der Waals surface area contributed by atoms with E-state index in [9.17, 15) is 10.2 Å². The molecule has 2 saturated carbocycles. The second-order valence-electron chi connectivity index (χ2n) is 8.93. The van der Waals surface area contributed by atoms with Crippen molar-refractivity contribution < 1.29 is 10.2 Å². The van der Waals surface area contributed by atoms with Gasteiger partial charge in [0.1, 0.15) is 11.2 Å². The molecule has 0 bridgehead atoms. The van der Waals surface area contributed by atoms with Crippen LogP contribution >= 0.6 is 0 Å². The van der Waals surface area contributed by atoms with Crippen molar-refractivity contribution in [2.45, 2.75) is 75.4 Å². The van der Waals surface area contributed by atoms with Crippen LogP contribution in [-0.4, -0.2) is 10.2 Å². The summed E-state index contributed by atoms with van der Waals surface area (Å²) < 4.78 is 0. The van der Waals surface area contributed by atoms with Gasteiger partial charge in [-0.2, -0.15) is 0 Å². The summed E-state index contributed by atoms with van der Waals surface area (Å²) in [6.45, 7) is 0. The lowest BCUT2D eigenvalue weighted by Gasteiger charge is -2.54. The maximum atomic E-state index is 12.6. The molecule has 2 N–H and O–H groups in total. The third kappa shape index (κ3) is 3.31. The average molecular weight is 379 g/mol. The fourth-order valence-corrected chi connectivity index (χ4v) is 5.96. The molecule has 2 atom stereocenters. The molecule has 0 aromatic heterocycles. The fraction of sp³-hybridized carbons (Fsp3) is 0.538. The molecular weight excluding hydrogens is 344 g/mol. The molecule has 2 aliphatic carbocycles. The third-order valence-corrected chi connectivity index (χ3v) is 7.40. The van der Waals surface area contributed by atoms with Crippen LogP contribution in [0.4, 0.5) is 0 Å². The van der Waals surface area contributed by atoms with Crippen LogP contribution in [0.2, 0.25) is 0 Å². The Labute approximate surface area is 169 Å². The molecule has 0 radical (unpaired) electrons. The van der Waals surface area contributed by atoms with E-state index in [1.54, 1.807) is 0 Å². The van der Waals surface area contributed by atoms with Crippen LogP contribution in [0.5, 0.6) is 0 Å². The van der Waals surface area contributed by atoms with Crippen LogP contribution in [0.1, 0.15) is 75.3 Å². The van der Waals surface area contributed by atoms with E-state index < -0.39 is 11.2 Å². The van der Waals surface area contributed by atoms with Gasteiger partial charge in [-0.3, -0.25) is 0 Å². The number of hydrogen-bond acceptors (Lipinski definition) is 2. The monoisotopic (exact) mass is 378 g/mol. The highest BCUT2D eigenvalue weighted by Gasteiger charge is 2.59. The zero-order valence-electron chi connectivity index (χ0n) is 16.9. The van der Waals surface area contributed by atoms with Gasteiger partial charge < -0.3 is 10.2 Å². The van der Waals surface area contributed by atoms with Gasteiger partial charge in [-0.05, 0) is 48.6 Å². The molecule has 0 heterocycles. The Bertz CT molecular complexity index is 666. The fourth-order valence-electron chi connectivity index (χ4n) is 5.96. The van der Waals surface area contributed by atoms with E-state index in [4.69, 9.17) is 0 Å². The summed E-state index contributed by atoms with van der Waals surface area (Å²) in [5.41, 5.74) is -0.784. The molecule has 2 aromatic rings. The van der Waals surface area contributed by atoms with Gasteiger partial charge in [-0.15, -0.1) is 0 Å². The molecule has 0 saturated heterocycles. The van der Waals surface area contributed by atoms with Crippen LogP contribution < -0.4 is 0 Å². The first kappa shape index (κ1) is 19.7. The normalized spacial score (nSPS) is 23.6. The van der Waals surface area contributed by atoms with E-state index in [1.807, 2.05) is 60.7 Å². The van der Waals surface area contributed by atoms with Gasteiger partial charge >= 0.3 is 0 Å². The highest BCUT2D eigenvalue weighted by atomic mass is 16.4. The maximum absolute atomic E-state index is 12.6. The van der Waals surface area contributed by atoms with E-state index in [0.29, 0.717) is 0 Å². The topological polar surface area (TPSA) is 40.5 Å². The van der Waals surface area contributed by atoms with Gasteiger partial charge in [-0.1, -0.05) is 99.2 Å². The number of rotatable bonds is 5. The van der Waals surface area contributed by atoms with Gasteiger partial charge in [-0.25, -0.2) is 0 Å². The predicted molar refractivity (Wildman–Crippen MR) is 114 cm³/mol. The molecule has 28 heavy (non-hydrogen) atoms. The van der Waals surface area contributed by atoms with E-state index in [1.165, 1.54) is 12.8 Å². The molecule has 150 valence electrons. The van der Waals surface area contributed by atoms with Gasteiger partial charge in [0.25, 0.3) is 0 Å². The van der Waals surface area contributed by atoms with Crippen LogP contribution in [0.3, 0.4) is 0 Å². The van der Waals surface area contributed by atoms with E-state index in [-0.39, 0.29) is 11.8 Å². The van der Waals surface area contributed by atoms with Gasteiger partial charge in [0.15, 0.2) is 0 Å². The lowest BCUT2D eigenvalue weighted by molar-refractivity contribution is -0.232. The summed E-state index contributed by atoms with van der Waals surface area (Å²) in [5, 5.41) is 25.2. The first-order valence-corrected chi connectivity index (χ1v) is 11.2. The van der Waals surface area contributed by atoms with Crippen LogP contribution in [0, 0.1) is 11.8 Å². The minimum absolute atomic E-state index is 0.0794. The molecule has 0 amide bonds. The lowest BCUT2D eigenvalue weighted by Crippen LogP contribution is -2.58. The molecule has 0 aliphatic heterocycles. The van der Waals surface area contributed by atoms with Gasteiger partial charge in [0.05, 0.1) is 0 Å². The maximum Gasteiger partial charge on any atom is 0.125 e. The quantitative estimate of drug-likeness (QED) is 0.678. The van der Waals surface area contributed by atoms with Crippen molar-refractivity contribution in [1.29, 1.82) is 0 Å². The average Bonchev–Trinajstić information content (AvgIpc) is 2.80. The summed E-state index contributed by atoms with van der Waals surface area (Å²) in [6, 6.07) is 20.0. The number of aliphatic hydroxyl groups is 2. The first-order chi connectivity index (χ1) is 13.7. The second-order valence-corrected chi connectivity index (χ2v) is 8.93. The van der Waals surface area contributed by atoms with Crippen LogP contribution in [0.25, 0.3) is 0 Å². The summed E-state index contributed by atoms with van der Waals surface area (Å²) >= 11 is 0. The van der Waals surface area contributed by atoms with E-state index in [2.05, 4.69) is 0 Å². The molecule has 2 aromatic carbocycles. The molecule has 4 rings (SSSR count). The highest BCUT2D eigenvalue weighted by molar-refractivity contribution is 5.36. The Balaban J connectivity index is 1.90. The summed E-state index contributed by atoms with van der Waals surface area (Å²) in [5.74, 6) is 0.159. The molecule has 2 unspecified atom stereocenters. The lowest BCUT2D eigenvalue weighted by atomic mass is 9.57. The number of benzene rings is 2. The minimum Gasteiger partial charge on any atom is -0.381 e. The Morgan fingerprint density at radius 1 is 0.500 bits per heavy atom. The van der Waals surface area contributed by atoms with Crippen LogP contribution in [0.15, 0.2) is 60.7 Å². The van der Waals surface area contributed by atoms with Crippen molar-refractivity contribution in [1.82, 2.24) is 0 Å². The van der Waals surface area contributed by atoms with Gasteiger partial charge in [0, 0.05) is 0 Å². The zero-order chi connectivity index (χ0) is 19.5. The summed E-state index contributed by atoms with van der Waals surface area (Å²) in [7, 11) is 0. The van der Waals surface area contributed by atoms with Crippen molar-refractivity contribution in [3.63, 3.8) is 0 Å². The Hall–Kier alpha value is -1.64. The minimum atomic E-state index is -1.27. The Morgan fingerprint density at radius 3 is 1.14 bits per heavy atom. The van der Waals surface area contributed by atoms with Gasteiger partial charge in [0.2, 0.25) is 0 Å². The number of hydrogen-bond donors (Lipinski definition) is 2. The smallest absolute Gasteiger partial charge is 0.125 e. The molecule has 2 nitrogen and oxygen atoms in total. The molecule has 2 fully saturated rings. The van der Waals surface area contributed by atoms with Crippen molar-refractivity contribution in [3.05, 3.63) is 71.8 Å². The van der Waals surface area contributed by atoms with Crippen LogP contribution in [-0.2, 0) is 11.2 Å². The third-order valence-electron chi connectivity index (χ3n) is 7.40. The molecule has 0 spiro atoms. The second kappa shape index (κ2) is 8.39. The zero-order valence-corrected chi connectivity index (χ0v) is 16.9. The summed E-state index contributed by atoms with van der Waals surface area (Å²) in [6.07, 6.45) is 10.9. The van der Waals surface area contributed by atoms with E-state index >= 15 is 0 Å².